The van der Waals surface area contributed by atoms with Gasteiger partial charge in [-0.3, -0.25) is 4.79 Å². The first-order valence-corrected chi connectivity index (χ1v) is 5.11. The van der Waals surface area contributed by atoms with Gasteiger partial charge in [0.15, 0.2) is 0 Å². The van der Waals surface area contributed by atoms with Gasteiger partial charge in [-0.2, -0.15) is 0 Å². The topological polar surface area (TPSA) is 55.4 Å². The van der Waals surface area contributed by atoms with Crippen molar-refractivity contribution in [3.63, 3.8) is 0 Å². The van der Waals surface area contributed by atoms with Gasteiger partial charge in [0.2, 0.25) is 0 Å². The Morgan fingerprint density at radius 1 is 1.44 bits per heavy atom. The van der Waals surface area contributed by atoms with E-state index < -0.39 is 12.0 Å². The molecule has 0 bridgehead atoms. The van der Waals surface area contributed by atoms with Crippen molar-refractivity contribution in [2.45, 2.75) is 19.4 Å². The van der Waals surface area contributed by atoms with Crippen molar-refractivity contribution in [3.8, 4) is 0 Å². The molecule has 1 aromatic rings. The molecule has 0 saturated carbocycles. The summed E-state index contributed by atoms with van der Waals surface area (Å²) in [6.45, 7) is 2.02. The molecule has 1 N–H and O–H groups in total. The van der Waals surface area contributed by atoms with E-state index in [2.05, 4.69) is 5.32 Å². The van der Waals surface area contributed by atoms with Crippen LogP contribution in [0.2, 0.25) is 0 Å². The minimum atomic E-state index is -0.667. The van der Waals surface area contributed by atoms with Crippen LogP contribution in [0.5, 0.6) is 0 Å². The number of nitrogens with one attached hydrogen (secondary N) is 1. The van der Waals surface area contributed by atoms with Crippen LogP contribution in [0.4, 0.5) is 0 Å². The minimum Gasteiger partial charge on any atom is -0.464 e. The van der Waals surface area contributed by atoms with Gasteiger partial charge in [-0.1, -0.05) is 30.3 Å². The van der Waals surface area contributed by atoms with Crippen LogP contribution in [0.25, 0.3) is 0 Å². The zero-order valence-corrected chi connectivity index (χ0v) is 9.10. The number of carbonyl (C=O) groups is 1. The van der Waals surface area contributed by atoms with Crippen molar-refractivity contribution in [3.05, 3.63) is 35.9 Å². The summed E-state index contributed by atoms with van der Waals surface area (Å²) >= 11 is 0. The van der Waals surface area contributed by atoms with Crippen molar-refractivity contribution >= 4 is 12.4 Å². The molecular formula is C12H14NO3. The highest BCUT2D eigenvalue weighted by atomic mass is 16.5. The van der Waals surface area contributed by atoms with Crippen LogP contribution in [0, 0.1) is 0 Å². The monoisotopic (exact) mass is 220 g/mol. The van der Waals surface area contributed by atoms with E-state index in [0.29, 0.717) is 13.0 Å². The molecule has 1 aromatic carbocycles. The molecule has 0 fully saturated rings. The molecule has 1 radical (unpaired) electrons. The maximum atomic E-state index is 11.5. The average Bonchev–Trinajstić information content (AvgIpc) is 2.30. The standard InChI is InChI=1S/C12H14NO3/c1-2-16-12(15)11(13-9-14)8-10-6-4-3-5-7-10/h3-7,11H,2,8H2,1H3,(H,13,14). The number of benzene rings is 1. The third-order valence-electron chi connectivity index (χ3n) is 2.09. The minimum absolute atomic E-state index is 0.296. The largest absolute Gasteiger partial charge is 0.464 e. The number of esters is 1. The second-order valence-corrected chi connectivity index (χ2v) is 3.24. The van der Waals surface area contributed by atoms with Crippen molar-refractivity contribution in [2.75, 3.05) is 6.61 Å². The van der Waals surface area contributed by atoms with E-state index in [4.69, 9.17) is 4.74 Å². The van der Waals surface area contributed by atoms with Crippen LogP contribution in [0.15, 0.2) is 30.3 Å². The molecule has 0 aliphatic carbocycles. The lowest BCUT2D eigenvalue weighted by Crippen LogP contribution is -2.39. The van der Waals surface area contributed by atoms with Crippen LogP contribution < -0.4 is 5.32 Å². The molecule has 1 rings (SSSR count). The van der Waals surface area contributed by atoms with Gasteiger partial charge in [-0.05, 0) is 12.5 Å². The Labute approximate surface area is 94.6 Å². The fourth-order valence-electron chi connectivity index (χ4n) is 1.36. The Kier molecular flexibility index (Phi) is 5.05. The van der Waals surface area contributed by atoms with Gasteiger partial charge in [-0.15, -0.1) is 0 Å². The van der Waals surface area contributed by atoms with Crippen molar-refractivity contribution < 1.29 is 14.3 Å². The third-order valence-corrected chi connectivity index (χ3v) is 2.09. The van der Waals surface area contributed by atoms with E-state index in [1.165, 1.54) is 6.41 Å². The zero-order chi connectivity index (χ0) is 11.8. The zero-order valence-electron chi connectivity index (χ0n) is 9.10. The van der Waals surface area contributed by atoms with E-state index in [-0.39, 0.29) is 0 Å². The van der Waals surface area contributed by atoms with Gasteiger partial charge in [0.05, 0.1) is 6.61 Å². The van der Waals surface area contributed by atoms with Crippen molar-refractivity contribution in [1.82, 2.24) is 5.32 Å². The Balaban J connectivity index is 2.64. The number of rotatable bonds is 6. The van der Waals surface area contributed by atoms with E-state index >= 15 is 0 Å². The SMILES string of the molecule is CCOC(=O)C(Cc1ccccc1)N[C]=O. The molecule has 16 heavy (non-hydrogen) atoms. The van der Waals surface area contributed by atoms with Gasteiger partial charge in [-0.25, -0.2) is 4.79 Å². The van der Waals surface area contributed by atoms with Crippen molar-refractivity contribution in [2.24, 2.45) is 0 Å². The molecule has 1 atom stereocenters. The van der Waals surface area contributed by atoms with Crippen LogP contribution in [-0.4, -0.2) is 25.0 Å². The molecule has 1 unspecified atom stereocenters. The molecule has 85 valence electrons. The van der Waals surface area contributed by atoms with Crippen molar-refractivity contribution in [1.29, 1.82) is 0 Å². The maximum Gasteiger partial charge on any atom is 0.328 e. The second kappa shape index (κ2) is 6.61. The Morgan fingerprint density at radius 2 is 2.12 bits per heavy atom. The van der Waals surface area contributed by atoms with Gasteiger partial charge >= 0.3 is 12.4 Å². The summed E-state index contributed by atoms with van der Waals surface area (Å²) < 4.78 is 4.85. The highest BCUT2D eigenvalue weighted by Crippen LogP contribution is 2.04. The summed E-state index contributed by atoms with van der Waals surface area (Å²) in [5.74, 6) is -0.435. The van der Waals surface area contributed by atoms with Gasteiger partial charge in [0, 0.05) is 6.42 Å². The maximum absolute atomic E-state index is 11.5. The molecule has 0 aliphatic rings. The molecule has 0 spiro atoms. The number of carbonyl (C=O) groups excluding carboxylic acids is 2. The molecular weight excluding hydrogens is 206 g/mol. The van der Waals surface area contributed by atoms with Gasteiger partial charge in [0.25, 0.3) is 0 Å². The summed E-state index contributed by atoms with van der Waals surface area (Å²) in [7, 11) is 0. The molecule has 0 saturated heterocycles. The van der Waals surface area contributed by atoms with Crippen LogP contribution in [-0.2, 0) is 20.7 Å². The molecule has 0 aromatic heterocycles. The predicted octanol–water partition coefficient (Wildman–Crippen LogP) is 0.818. The van der Waals surface area contributed by atoms with E-state index in [0.717, 1.165) is 5.56 Å². The first kappa shape index (κ1) is 12.2. The van der Waals surface area contributed by atoms with E-state index in [1.54, 1.807) is 6.92 Å². The van der Waals surface area contributed by atoms with Crippen LogP contribution in [0.3, 0.4) is 0 Å². The van der Waals surface area contributed by atoms with E-state index in [1.807, 2.05) is 30.3 Å². The van der Waals surface area contributed by atoms with Gasteiger partial charge in [0.1, 0.15) is 6.04 Å². The fourth-order valence-corrected chi connectivity index (χ4v) is 1.36. The highest BCUT2D eigenvalue weighted by Gasteiger charge is 2.19. The van der Waals surface area contributed by atoms with E-state index in [9.17, 15) is 9.59 Å². The lowest BCUT2D eigenvalue weighted by atomic mass is 10.1. The third kappa shape index (κ3) is 3.73. The normalized spacial score (nSPS) is 11.6. The van der Waals surface area contributed by atoms with Crippen LogP contribution in [0.1, 0.15) is 12.5 Å². The number of amides is 1. The molecule has 4 heteroatoms. The Morgan fingerprint density at radius 3 is 2.69 bits per heavy atom. The Hall–Kier alpha value is -1.84. The number of hydrogen-bond donors (Lipinski definition) is 1. The fraction of sp³-hybridized carbons (Fsp3) is 0.333. The van der Waals surface area contributed by atoms with Gasteiger partial charge < -0.3 is 10.1 Å². The summed E-state index contributed by atoms with van der Waals surface area (Å²) in [4.78, 5) is 21.7. The number of hydrogen-bond acceptors (Lipinski definition) is 3. The highest BCUT2D eigenvalue weighted by molar-refractivity contribution is 5.78. The molecule has 0 aliphatic heterocycles. The van der Waals surface area contributed by atoms with Crippen LogP contribution >= 0.6 is 0 Å². The first-order chi connectivity index (χ1) is 7.77. The summed E-state index contributed by atoms with van der Waals surface area (Å²) in [6.07, 6.45) is 1.94. The quantitative estimate of drug-likeness (QED) is 0.570. The number of ether oxygens (including phenoxy) is 1. The summed E-state index contributed by atoms with van der Waals surface area (Å²) in [5.41, 5.74) is 0.961. The Bertz CT molecular complexity index is 337. The summed E-state index contributed by atoms with van der Waals surface area (Å²) in [5, 5.41) is 2.34. The summed E-state index contributed by atoms with van der Waals surface area (Å²) in [6, 6.07) is 8.75. The first-order valence-electron chi connectivity index (χ1n) is 5.11. The second-order valence-electron chi connectivity index (χ2n) is 3.24. The molecule has 4 nitrogen and oxygen atoms in total. The predicted molar refractivity (Wildman–Crippen MR) is 59.4 cm³/mol. The molecule has 1 amide bonds. The smallest absolute Gasteiger partial charge is 0.328 e. The lowest BCUT2D eigenvalue weighted by Gasteiger charge is -2.13. The molecule has 0 heterocycles. The lowest BCUT2D eigenvalue weighted by molar-refractivity contribution is -0.145. The average molecular weight is 220 g/mol.